The minimum absolute atomic E-state index is 0.0463. The first-order valence-corrected chi connectivity index (χ1v) is 6.97. The number of aromatic hydroxyl groups is 1. The molecule has 1 fully saturated rings. The molecule has 0 unspecified atom stereocenters. The van der Waals surface area contributed by atoms with Gasteiger partial charge in [0.15, 0.2) is 0 Å². The van der Waals surface area contributed by atoms with Crippen molar-refractivity contribution in [3.05, 3.63) is 17.7 Å². The lowest BCUT2D eigenvalue weighted by molar-refractivity contribution is 0.0826. The lowest BCUT2D eigenvalue weighted by Gasteiger charge is -2.27. The Kier molecular flexibility index (Phi) is 4.73. The molecule has 0 aliphatic heterocycles. The summed E-state index contributed by atoms with van der Waals surface area (Å²) in [6.07, 6.45) is 3.64. The fourth-order valence-corrected chi connectivity index (χ4v) is 3.02. The lowest BCUT2D eigenvalue weighted by Crippen LogP contribution is -2.32. The molecular weight excluding hydrogens is 258 g/mol. The average molecular weight is 281 g/mol. The molecule has 5 heteroatoms. The van der Waals surface area contributed by atoms with E-state index >= 15 is 0 Å². The highest BCUT2D eigenvalue weighted by Gasteiger charge is 2.32. The van der Waals surface area contributed by atoms with Crippen molar-refractivity contribution in [3.8, 4) is 17.2 Å². The summed E-state index contributed by atoms with van der Waals surface area (Å²) in [6, 6.07) is 2.38. The standard InChI is InChI=1S/C15H23NO4/c1-19-11-7-10(17)8-12(20-2)13(11)14(16)15(18)9-5-3-4-6-9/h7-9,14-15,17-18H,3-6,16H2,1-2H3/t14-,15+/m1/s1. The number of phenolic OH excluding ortho intramolecular Hbond substituents is 1. The van der Waals surface area contributed by atoms with Gasteiger partial charge in [0.25, 0.3) is 0 Å². The summed E-state index contributed by atoms with van der Waals surface area (Å²) in [6.45, 7) is 0. The van der Waals surface area contributed by atoms with Crippen molar-refractivity contribution < 1.29 is 19.7 Å². The number of hydrogen-bond acceptors (Lipinski definition) is 5. The Morgan fingerprint density at radius 2 is 1.65 bits per heavy atom. The third-order valence-electron chi connectivity index (χ3n) is 4.11. The Hall–Kier alpha value is -1.46. The SMILES string of the molecule is COc1cc(O)cc(OC)c1[C@@H](N)[C@@H](O)C1CCCC1. The van der Waals surface area contributed by atoms with E-state index in [4.69, 9.17) is 15.2 Å². The summed E-state index contributed by atoms with van der Waals surface area (Å²) < 4.78 is 10.5. The van der Waals surface area contributed by atoms with Crippen LogP contribution in [0.5, 0.6) is 17.2 Å². The molecule has 0 amide bonds. The predicted molar refractivity (Wildman–Crippen MR) is 76.1 cm³/mol. The van der Waals surface area contributed by atoms with Gasteiger partial charge in [-0.05, 0) is 18.8 Å². The van der Waals surface area contributed by atoms with Crippen LogP contribution in [0.2, 0.25) is 0 Å². The molecule has 0 aromatic heterocycles. The van der Waals surface area contributed by atoms with Gasteiger partial charge in [-0.2, -0.15) is 0 Å². The summed E-state index contributed by atoms with van der Waals surface area (Å²) in [5.74, 6) is 1.14. The van der Waals surface area contributed by atoms with E-state index in [0.29, 0.717) is 17.1 Å². The van der Waals surface area contributed by atoms with Crippen LogP contribution in [-0.2, 0) is 0 Å². The van der Waals surface area contributed by atoms with Gasteiger partial charge >= 0.3 is 0 Å². The Morgan fingerprint density at radius 1 is 1.15 bits per heavy atom. The maximum atomic E-state index is 10.5. The summed E-state index contributed by atoms with van der Waals surface area (Å²) in [7, 11) is 3.01. The van der Waals surface area contributed by atoms with E-state index in [1.54, 1.807) is 0 Å². The molecule has 0 bridgehead atoms. The minimum Gasteiger partial charge on any atom is -0.508 e. The van der Waals surface area contributed by atoms with Crippen molar-refractivity contribution >= 4 is 0 Å². The van der Waals surface area contributed by atoms with Gasteiger partial charge in [0, 0.05) is 12.1 Å². The van der Waals surface area contributed by atoms with Crippen LogP contribution in [0.25, 0.3) is 0 Å². The monoisotopic (exact) mass is 281 g/mol. The zero-order chi connectivity index (χ0) is 14.7. The molecule has 1 saturated carbocycles. The van der Waals surface area contributed by atoms with Crippen LogP contribution in [0.1, 0.15) is 37.3 Å². The molecular formula is C15H23NO4. The highest BCUT2D eigenvalue weighted by molar-refractivity contribution is 5.52. The first-order valence-electron chi connectivity index (χ1n) is 6.97. The van der Waals surface area contributed by atoms with Crippen molar-refractivity contribution in [3.63, 3.8) is 0 Å². The van der Waals surface area contributed by atoms with E-state index in [2.05, 4.69) is 0 Å². The zero-order valence-electron chi connectivity index (χ0n) is 12.0. The second kappa shape index (κ2) is 6.33. The number of phenols is 1. The van der Waals surface area contributed by atoms with Crippen LogP contribution < -0.4 is 15.2 Å². The van der Waals surface area contributed by atoms with Crippen LogP contribution in [0.3, 0.4) is 0 Å². The highest BCUT2D eigenvalue weighted by atomic mass is 16.5. The van der Waals surface area contributed by atoms with Crippen LogP contribution >= 0.6 is 0 Å². The van der Waals surface area contributed by atoms with Crippen molar-refractivity contribution in [2.75, 3.05) is 14.2 Å². The zero-order valence-corrected chi connectivity index (χ0v) is 12.0. The number of aliphatic hydroxyl groups is 1. The maximum absolute atomic E-state index is 10.5. The second-order valence-electron chi connectivity index (χ2n) is 5.32. The van der Waals surface area contributed by atoms with Gasteiger partial charge in [0.05, 0.1) is 31.9 Å². The molecule has 5 nitrogen and oxygen atoms in total. The summed E-state index contributed by atoms with van der Waals surface area (Å²) >= 11 is 0. The smallest absolute Gasteiger partial charge is 0.131 e. The van der Waals surface area contributed by atoms with Crippen molar-refractivity contribution in [1.82, 2.24) is 0 Å². The van der Waals surface area contributed by atoms with E-state index in [1.165, 1.54) is 26.4 Å². The van der Waals surface area contributed by atoms with Gasteiger partial charge in [0.1, 0.15) is 17.2 Å². The van der Waals surface area contributed by atoms with E-state index in [0.717, 1.165) is 25.7 Å². The van der Waals surface area contributed by atoms with Crippen LogP contribution in [0, 0.1) is 5.92 Å². The van der Waals surface area contributed by atoms with Gasteiger partial charge in [0.2, 0.25) is 0 Å². The average Bonchev–Trinajstić information content (AvgIpc) is 2.98. The summed E-state index contributed by atoms with van der Waals surface area (Å²) in [5, 5.41) is 20.1. The van der Waals surface area contributed by atoms with Crippen molar-refractivity contribution in [2.45, 2.75) is 37.8 Å². The Labute approximate surface area is 119 Å². The number of methoxy groups -OCH3 is 2. The molecule has 2 rings (SSSR count). The van der Waals surface area contributed by atoms with Crippen molar-refractivity contribution in [2.24, 2.45) is 11.7 Å². The van der Waals surface area contributed by atoms with Gasteiger partial charge in [-0.15, -0.1) is 0 Å². The van der Waals surface area contributed by atoms with E-state index in [1.807, 2.05) is 0 Å². The number of hydrogen-bond donors (Lipinski definition) is 3. The fraction of sp³-hybridized carbons (Fsp3) is 0.600. The Bertz CT molecular complexity index is 432. The highest BCUT2D eigenvalue weighted by Crippen LogP contribution is 2.41. The number of rotatable bonds is 5. The topological polar surface area (TPSA) is 84.9 Å². The maximum Gasteiger partial charge on any atom is 0.131 e. The predicted octanol–water partition coefficient (Wildman–Crippen LogP) is 1.96. The third-order valence-corrected chi connectivity index (χ3v) is 4.11. The lowest BCUT2D eigenvalue weighted by atomic mass is 9.90. The normalized spacial score (nSPS) is 18.8. The second-order valence-corrected chi connectivity index (χ2v) is 5.32. The first-order chi connectivity index (χ1) is 9.58. The quantitative estimate of drug-likeness (QED) is 0.768. The molecule has 4 N–H and O–H groups in total. The first kappa shape index (κ1) is 14.9. The molecule has 0 heterocycles. The molecule has 1 aliphatic carbocycles. The van der Waals surface area contributed by atoms with E-state index in [-0.39, 0.29) is 11.7 Å². The largest absolute Gasteiger partial charge is 0.508 e. The van der Waals surface area contributed by atoms with Gasteiger partial charge in [-0.1, -0.05) is 12.8 Å². The van der Waals surface area contributed by atoms with E-state index in [9.17, 15) is 10.2 Å². The summed E-state index contributed by atoms with van der Waals surface area (Å²) in [4.78, 5) is 0. The molecule has 0 saturated heterocycles. The molecule has 1 aromatic carbocycles. The number of aliphatic hydroxyl groups excluding tert-OH is 1. The van der Waals surface area contributed by atoms with Gasteiger partial charge < -0.3 is 25.4 Å². The van der Waals surface area contributed by atoms with E-state index < -0.39 is 12.1 Å². The third kappa shape index (κ3) is 2.83. The Morgan fingerprint density at radius 3 is 2.10 bits per heavy atom. The number of ether oxygens (including phenoxy) is 2. The molecule has 2 atom stereocenters. The Balaban J connectivity index is 2.34. The summed E-state index contributed by atoms with van der Waals surface area (Å²) in [5.41, 5.74) is 6.83. The fourth-order valence-electron chi connectivity index (χ4n) is 3.02. The van der Waals surface area contributed by atoms with Crippen LogP contribution in [0.4, 0.5) is 0 Å². The number of nitrogens with two attached hydrogens (primary N) is 1. The molecule has 0 spiro atoms. The molecule has 0 radical (unpaired) electrons. The molecule has 1 aromatic rings. The minimum atomic E-state index is -0.634. The van der Waals surface area contributed by atoms with Gasteiger partial charge in [-0.3, -0.25) is 0 Å². The van der Waals surface area contributed by atoms with Crippen LogP contribution in [-0.4, -0.2) is 30.5 Å². The molecule has 112 valence electrons. The molecule has 1 aliphatic rings. The van der Waals surface area contributed by atoms with Crippen LogP contribution in [0.15, 0.2) is 12.1 Å². The van der Waals surface area contributed by atoms with Gasteiger partial charge in [-0.25, -0.2) is 0 Å². The van der Waals surface area contributed by atoms with Crippen molar-refractivity contribution in [1.29, 1.82) is 0 Å². The number of benzene rings is 1. The molecule has 20 heavy (non-hydrogen) atoms.